The molecule has 0 saturated heterocycles. The molecule has 0 bridgehead atoms. The molecule has 0 aliphatic heterocycles. The fourth-order valence-electron chi connectivity index (χ4n) is 3.74. The molecule has 0 radical (unpaired) electrons. The Balaban J connectivity index is 1.69. The highest BCUT2D eigenvalue weighted by Crippen LogP contribution is 2.30. The number of hydrogen-bond acceptors (Lipinski definition) is 7. The second-order valence-electron chi connectivity index (χ2n) is 7.50. The summed E-state index contributed by atoms with van der Waals surface area (Å²) in [5.41, 5.74) is 7.65. The summed E-state index contributed by atoms with van der Waals surface area (Å²) in [7, 11) is 2.04. The Bertz CT molecular complexity index is 1190. The van der Waals surface area contributed by atoms with Gasteiger partial charge in [-0.15, -0.1) is 0 Å². The first kappa shape index (κ1) is 20.8. The zero-order chi connectivity index (χ0) is 21.8. The summed E-state index contributed by atoms with van der Waals surface area (Å²) >= 11 is 0. The van der Waals surface area contributed by atoms with Crippen molar-refractivity contribution in [1.29, 1.82) is 0 Å². The summed E-state index contributed by atoms with van der Waals surface area (Å²) in [5, 5.41) is 9.83. The van der Waals surface area contributed by atoms with E-state index in [1.807, 2.05) is 44.6 Å². The van der Waals surface area contributed by atoms with Gasteiger partial charge in [-0.1, -0.05) is 25.1 Å². The third-order valence-corrected chi connectivity index (χ3v) is 5.36. The van der Waals surface area contributed by atoms with Crippen LogP contribution < -0.4 is 10.4 Å². The molecule has 0 fully saturated rings. The van der Waals surface area contributed by atoms with Gasteiger partial charge in [0, 0.05) is 36.9 Å². The van der Waals surface area contributed by atoms with E-state index in [1.165, 1.54) is 11.1 Å². The number of fused-ring (bicyclic) bond motifs is 1. The molecule has 0 atom stereocenters. The Morgan fingerprint density at radius 2 is 1.77 bits per heavy atom. The second kappa shape index (κ2) is 9.16. The van der Waals surface area contributed by atoms with Crippen LogP contribution in [0.2, 0.25) is 0 Å². The van der Waals surface area contributed by atoms with Gasteiger partial charge in [0.1, 0.15) is 17.5 Å². The van der Waals surface area contributed by atoms with E-state index in [9.17, 15) is 0 Å². The van der Waals surface area contributed by atoms with Crippen LogP contribution in [-0.4, -0.2) is 32.2 Å². The van der Waals surface area contributed by atoms with Crippen LogP contribution in [0.25, 0.3) is 10.9 Å². The third kappa shape index (κ3) is 4.52. The van der Waals surface area contributed by atoms with Gasteiger partial charge in [0.2, 0.25) is 0 Å². The molecule has 4 aromatic rings. The number of para-hydroxylation sites is 1. The molecule has 0 saturated carbocycles. The van der Waals surface area contributed by atoms with Crippen molar-refractivity contribution in [1.82, 2.24) is 25.4 Å². The molecule has 158 valence electrons. The molecule has 2 aromatic carbocycles. The Morgan fingerprint density at radius 3 is 2.52 bits per heavy atom. The zero-order valence-electron chi connectivity index (χ0n) is 18.0. The van der Waals surface area contributed by atoms with E-state index in [0.29, 0.717) is 5.82 Å². The molecular formula is C24H26N6O. The lowest BCUT2D eigenvalue weighted by molar-refractivity contribution is 0.158. The van der Waals surface area contributed by atoms with Crippen LogP contribution in [0.15, 0.2) is 54.9 Å². The minimum Gasteiger partial charge on any atom is -0.329 e. The van der Waals surface area contributed by atoms with Gasteiger partial charge in [-0.25, -0.2) is 19.9 Å². The van der Waals surface area contributed by atoms with Crippen LogP contribution in [0.4, 0.5) is 11.5 Å². The van der Waals surface area contributed by atoms with Gasteiger partial charge in [-0.05, 0) is 54.3 Å². The van der Waals surface area contributed by atoms with Crippen LogP contribution in [0.3, 0.4) is 0 Å². The van der Waals surface area contributed by atoms with Gasteiger partial charge in [0.05, 0.1) is 12.1 Å². The van der Waals surface area contributed by atoms with E-state index in [1.54, 1.807) is 0 Å². The molecule has 0 spiro atoms. The van der Waals surface area contributed by atoms with Crippen LogP contribution in [0, 0.1) is 6.92 Å². The molecule has 2 aromatic heterocycles. The molecule has 0 amide bonds. The Morgan fingerprint density at radius 1 is 1.00 bits per heavy atom. The fraction of sp³-hybridized carbons (Fsp3) is 0.250. The molecule has 0 aliphatic rings. The third-order valence-electron chi connectivity index (χ3n) is 5.36. The first-order valence-electron chi connectivity index (χ1n) is 10.3. The van der Waals surface area contributed by atoms with E-state index >= 15 is 0 Å². The minimum atomic E-state index is 0.229. The highest BCUT2D eigenvalue weighted by atomic mass is 16.5. The molecule has 4 rings (SSSR count). The van der Waals surface area contributed by atoms with Crippen LogP contribution >= 0.6 is 0 Å². The maximum Gasteiger partial charge on any atom is 0.144 e. The van der Waals surface area contributed by atoms with Crippen molar-refractivity contribution in [3.8, 4) is 0 Å². The van der Waals surface area contributed by atoms with Crippen molar-refractivity contribution in [3.05, 3.63) is 83.2 Å². The van der Waals surface area contributed by atoms with Crippen molar-refractivity contribution in [2.75, 3.05) is 11.9 Å². The summed E-state index contributed by atoms with van der Waals surface area (Å²) in [6.07, 6.45) is 5.32. The SMILES string of the molecule is CCc1ccc(N(C)c2nc(C)nc3ccccc23)cc1Cc1cnc(CNO)nc1. The van der Waals surface area contributed by atoms with Gasteiger partial charge < -0.3 is 10.1 Å². The van der Waals surface area contributed by atoms with Gasteiger partial charge in [-0.2, -0.15) is 5.48 Å². The Kier molecular flexibility index (Phi) is 6.16. The normalized spacial score (nSPS) is 11.1. The number of rotatable bonds is 7. The number of nitrogens with zero attached hydrogens (tertiary/aromatic N) is 5. The molecule has 7 heteroatoms. The smallest absolute Gasteiger partial charge is 0.144 e. The van der Waals surface area contributed by atoms with Crippen molar-refractivity contribution in [3.63, 3.8) is 0 Å². The maximum atomic E-state index is 8.81. The second-order valence-corrected chi connectivity index (χ2v) is 7.50. The summed E-state index contributed by atoms with van der Waals surface area (Å²) in [6.45, 7) is 4.31. The number of hydroxylamine groups is 1. The lowest BCUT2D eigenvalue weighted by Gasteiger charge is -2.22. The molecule has 0 aliphatic carbocycles. The van der Waals surface area contributed by atoms with Crippen LogP contribution in [0.1, 0.15) is 35.3 Å². The fourth-order valence-corrected chi connectivity index (χ4v) is 3.74. The van der Waals surface area contributed by atoms with E-state index in [2.05, 4.69) is 56.5 Å². The number of aromatic nitrogens is 4. The standard InChI is InChI=1S/C24H26N6O/c1-4-18-9-10-20(12-19(18)11-17-13-25-23(15-27-31)26-14-17)30(3)24-21-7-5-6-8-22(21)28-16(2)29-24/h5-10,12-14,27,31H,4,11,15H2,1-3H3. The van der Waals surface area contributed by atoms with Crippen molar-refractivity contribution < 1.29 is 5.21 Å². The first-order chi connectivity index (χ1) is 15.1. The van der Waals surface area contributed by atoms with Gasteiger partial charge in [0.15, 0.2) is 0 Å². The van der Waals surface area contributed by atoms with Gasteiger partial charge in [-0.3, -0.25) is 0 Å². The highest BCUT2D eigenvalue weighted by Gasteiger charge is 2.14. The molecule has 2 N–H and O–H groups in total. The largest absolute Gasteiger partial charge is 0.329 e. The average Bonchev–Trinajstić information content (AvgIpc) is 2.79. The summed E-state index contributed by atoms with van der Waals surface area (Å²) in [6, 6.07) is 14.6. The number of nitrogens with one attached hydrogen (secondary N) is 1. The Labute approximate surface area is 181 Å². The summed E-state index contributed by atoms with van der Waals surface area (Å²) < 4.78 is 0. The number of anilines is 2. The number of benzene rings is 2. The molecular weight excluding hydrogens is 388 g/mol. The lowest BCUT2D eigenvalue weighted by Crippen LogP contribution is -2.14. The first-order valence-corrected chi connectivity index (χ1v) is 10.3. The van der Waals surface area contributed by atoms with E-state index in [0.717, 1.165) is 46.6 Å². The monoisotopic (exact) mass is 414 g/mol. The van der Waals surface area contributed by atoms with Crippen molar-refractivity contribution in [2.24, 2.45) is 0 Å². The number of aryl methyl sites for hydroxylation is 2. The van der Waals surface area contributed by atoms with Crippen LogP contribution in [0.5, 0.6) is 0 Å². The van der Waals surface area contributed by atoms with E-state index < -0.39 is 0 Å². The van der Waals surface area contributed by atoms with Crippen LogP contribution in [-0.2, 0) is 19.4 Å². The lowest BCUT2D eigenvalue weighted by atomic mass is 9.98. The predicted molar refractivity (Wildman–Crippen MR) is 122 cm³/mol. The summed E-state index contributed by atoms with van der Waals surface area (Å²) in [4.78, 5) is 20.0. The highest BCUT2D eigenvalue weighted by molar-refractivity contribution is 5.91. The Hall–Kier alpha value is -3.42. The number of hydrogen-bond donors (Lipinski definition) is 2. The van der Waals surface area contributed by atoms with Crippen molar-refractivity contribution in [2.45, 2.75) is 33.2 Å². The van der Waals surface area contributed by atoms with E-state index in [4.69, 9.17) is 10.2 Å². The molecule has 7 nitrogen and oxygen atoms in total. The van der Waals surface area contributed by atoms with Crippen molar-refractivity contribution >= 4 is 22.4 Å². The average molecular weight is 415 g/mol. The maximum absolute atomic E-state index is 8.81. The molecule has 31 heavy (non-hydrogen) atoms. The quantitative estimate of drug-likeness (QED) is 0.440. The minimum absolute atomic E-state index is 0.229. The zero-order valence-corrected chi connectivity index (χ0v) is 18.0. The topological polar surface area (TPSA) is 87.1 Å². The summed E-state index contributed by atoms with van der Waals surface area (Å²) in [5.74, 6) is 2.20. The predicted octanol–water partition coefficient (Wildman–Crippen LogP) is 4.13. The molecule has 0 unspecified atom stereocenters. The molecule has 2 heterocycles. The van der Waals surface area contributed by atoms with Gasteiger partial charge >= 0.3 is 0 Å². The van der Waals surface area contributed by atoms with E-state index in [-0.39, 0.29) is 6.54 Å². The van der Waals surface area contributed by atoms with Gasteiger partial charge in [0.25, 0.3) is 0 Å².